The highest BCUT2D eigenvalue weighted by Gasteiger charge is 2.23. The first-order valence-corrected chi connectivity index (χ1v) is 7.09. The summed E-state index contributed by atoms with van der Waals surface area (Å²) in [5.41, 5.74) is 0. The average molecular weight is 285 g/mol. The average Bonchev–Trinajstić information content (AvgIpc) is 3.17. The van der Waals surface area contributed by atoms with Crippen LogP contribution < -0.4 is 16.0 Å². The zero-order valence-electron chi connectivity index (χ0n) is 11.8. The van der Waals surface area contributed by atoms with E-state index >= 15 is 0 Å². The van der Waals surface area contributed by atoms with Crippen LogP contribution >= 0.6 is 0 Å². The van der Waals surface area contributed by atoms with E-state index in [9.17, 15) is 14.4 Å². The molecule has 1 aliphatic carbocycles. The third-order valence-electron chi connectivity index (χ3n) is 3.03. The SMILES string of the molecule is CCCCC(NC(=O)NCCC(=O)NC1CC1)C(=O)O. The van der Waals surface area contributed by atoms with Crippen LogP contribution in [0.2, 0.25) is 0 Å². The van der Waals surface area contributed by atoms with E-state index in [4.69, 9.17) is 5.11 Å². The summed E-state index contributed by atoms with van der Waals surface area (Å²) >= 11 is 0. The number of amides is 3. The number of rotatable bonds is 9. The van der Waals surface area contributed by atoms with Crippen LogP contribution in [0.4, 0.5) is 4.79 Å². The Labute approximate surface area is 118 Å². The van der Waals surface area contributed by atoms with Crippen molar-refractivity contribution in [2.75, 3.05) is 6.54 Å². The molecule has 0 aromatic rings. The zero-order chi connectivity index (χ0) is 15.0. The highest BCUT2D eigenvalue weighted by molar-refractivity contribution is 5.83. The lowest BCUT2D eigenvalue weighted by molar-refractivity contribution is -0.139. The summed E-state index contributed by atoms with van der Waals surface area (Å²) in [5.74, 6) is -1.13. The topological polar surface area (TPSA) is 108 Å². The Bertz CT molecular complexity index is 356. The van der Waals surface area contributed by atoms with Crippen LogP contribution in [0.1, 0.15) is 45.4 Å². The second-order valence-electron chi connectivity index (χ2n) is 5.03. The molecule has 0 aromatic heterocycles. The quantitative estimate of drug-likeness (QED) is 0.497. The van der Waals surface area contributed by atoms with Crippen molar-refractivity contribution in [1.82, 2.24) is 16.0 Å². The van der Waals surface area contributed by atoms with E-state index in [1.165, 1.54) is 0 Å². The molecule has 7 heteroatoms. The Balaban J connectivity index is 2.16. The van der Waals surface area contributed by atoms with Crippen LogP contribution in [-0.2, 0) is 9.59 Å². The summed E-state index contributed by atoms with van der Waals surface area (Å²) in [6.07, 6.45) is 4.27. The Morgan fingerprint density at radius 2 is 2.00 bits per heavy atom. The van der Waals surface area contributed by atoms with Gasteiger partial charge in [-0.25, -0.2) is 9.59 Å². The van der Waals surface area contributed by atoms with Gasteiger partial charge in [-0.3, -0.25) is 4.79 Å². The first kappa shape index (κ1) is 16.3. The molecule has 0 bridgehead atoms. The highest BCUT2D eigenvalue weighted by atomic mass is 16.4. The van der Waals surface area contributed by atoms with Crippen molar-refractivity contribution in [3.05, 3.63) is 0 Å². The Kier molecular flexibility index (Phi) is 6.83. The fourth-order valence-electron chi connectivity index (χ4n) is 1.69. The van der Waals surface area contributed by atoms with Crippen LogP contribution in [0, 0.1) is 0 Å². The predicted molar refractivity (Wildman–Crippen MR) is 73.3 cm³/mol. The van der Waals surface area contributed by atoms with Gasteiger partial charge in [0.1, 0.15) is 6.04 Å². The predicted octanol–water partition coefficient (Wildman–Crippen LogP) is 0.598. The number of hydrogen-bond donors (Lipinski definition) is 4. The molecule has 3 amide bonds. The van der Waals surface area contributed by atoms with Gasteiger partial charge in [0.05, 0.1) is 0 Å². The van der Waals surface area contributed by atoms with Crippen molar-refractivity contribution < 1.29 is 19.5 Å². The largest absolute Gasteiger partial charge is 0.480 e. The second kappa shape index (κ2) is 8.39. The Morgan fingerprint density at radius 3 is 2.55 bits per heavy atom. The van der Waals surface area contributed by atoms with E-state index < -0.39 is 18.0 Å². The maximum Gasteiger partial charge on any atom is 0.326 e. The summed E-state index contributed by atoms with van der Waals surface area (Å²) < 4.78 is 0. The molecule has 1 fully saturated rings. The second-order valence-corrected chi connectivity index (χ2v) is 5.03. The van der Waals surface area contributed by atoms with Gasteiger partial charge < -0.3 is 21.1 Å². The molecule has 1 unspecified atom stereocenters. The number of carbonyl (C=O) groups is 3. The van der Waals surface area contributed by atoms with Gasteiger partial charge in [-0.15, -0.1) is 0 Å². The molecule has 4 N–H and O–H groups in total. The molecule has 0 heterocycles. The van der Waals surface area contributed by atoms with E-state index in [1.807, 2.05) is 6.92 Å². The van der Waals surface area contributed by atoms with Gasteiger partial charge in [0.25, 0.3) is 0 Å². The Morgan fingerprint density at radius 1 is 1.30 bits per heavy atom. The summed E-state index contributed by atoms with van der Waals surface area (Å²) in [4.78, 5) is 33.8. The van der Waals surface area contributed by atoms with E-state index in [-0.39, 0.29) is 18.9 Å². The van der Waals surface area contributed by atoms with Gasteiger partial charge in [0.15, 0.2) is 0 Å². The van der Waals surface area contributed by atoms with Crippen molar-refractivity contribution in [2.24, 2.45) is 0 Å². The van der Waals surface area contributed by atoms with Crippen molar-refractivity contribution >= 4 is 17.9 Å². The number of nitrogens with one attached hydrogen (secondary N) is 3. The fraction of sp³-hybridized carbons (Fsp3) is 0.769. The van der Waals surface area contributed by atoms with E-state index in [0.29, 0.717) is 12.5 Å². The number of aliphatic carboxylic acids is 1. The van der Waals surface area contributed by atoms with E-state index in [0.717, 1.165) is 25.7 Å². The molecular formula is C13H23N3O4. The standard InChI is InChI=1S/C13H23N3O4/c1-2-3-4-10(12(18)19)16-13(20)14-8-7-11(17)15-9-5-6-9/h9-10H,2-8H2,1H3,(H,15,17)(H,18,19)(H2,14,16,20). The summed E-state index contributed by atoms with van der Waals surface area (Å²) in [7, 11) is 0. The number of carbonyl (C=O) groups excluding carboxylic acids is 2. The molecule has 0 radical (unpaired) electrons. The number of carboxylic acid groups (broad SMARTS) is 1. The summed E-state index contributed by atoms with van der Waals surface area (Å²) in [6, 6.07) is -1.12. The molecule has 1 saturated carbocycles. The van der Waals surface area contributed by atoms with Gasteiger partial charge in [-0.05, 0) is 19.3 Å². The highest BCUT2D eigenvalue weighted by Crippen LogP contribution is 2.18. The van der Waals surface area contributed by atoms with Crippen molar-refractivity contribution in [1.29, 1.82) is 0 Å². The molecule has 1 rings (SSSR count). The lowest BCUT2D eigenvalue weighted by Crippen LogP contribution is -2.46. The van der Waals surface area contributed by atoms with Gasteiger partial charge in [-0.2, -0.15) is 0 Å². The first-order chi connectivity index (χ1) is 9.52. The molecule has 20 heavy (non-hydrogen) atoms. The van der Waals surface area contributed by atoms with Crippen LogP contribution in [0.25, 0.3) is 0 Å². The zero-order valence-corrected chi connectivity index (χ0v) is 11.8. The minimum absolute atomic E-state index is 0.0893. The first-order valence-electron chi connectivity index (χ1n) is 7.09. The molecule has 0 spiro atoms. The van der Waals surface area contributed by atoms with E-state index in [1.54, 1.807) is 0 Å². The third kappa shape index (κ3) is 6.96. The molecular weight excluding hydrogens is 262 g/mol. The van der Waals surface area contributed by atoms with Gasteiger partial charge in [-0.1, -0.05) is 19.8 Å². The maximum atomic E-state index is 11.5. The van der Waals surface area contributed by atoms with Crippen LogP contribution in [-0.4, -0.2) is 41.6 Å². The van der Waals surface area contributed by atoms with Gasteiger partial charge in [0.2, 0.25) is 5.91 Å². The minimum Gasteiger partial charge on any atom is -0.480 e. The molecule has 0 aliphatic heterocycles. The molecule has 0 saturated heterocycles. The normalized spacial score (nSPS) is 15.2. The van der Waals surface area contributed by atoms with Crippen LogP contribution in [0.15, 0.2) is 0 Å². The Hall–Kier alpha value is -1.79. The van der Waals surface area contributed by atoms with Crippen molar-refractivity contribution in [3.8, 4) is 0 Å². The van der Waals surface area contributed by atoms with Crippen molar-refractivity contribution in [2.45, 2.75) is 57.5 Å². The maximum absolute atomic E-state index is 11.5. The smallest absolute Gasteiger partial charge is 0.326 e. The summed E-state index contributed by atoms with van der Waals surface area (Å²) in [6.45, 7) is 2.15. The van der Waals surface area contributed by atoms with Gasteiger partial charge in [0, 0.05) is 19.0 Å². The van der Waals surface area contributed by atoms with Crippen molar-refractivity contribution in [3.63, 3.8) is 0 Å². The molecule has 114 valence electrons. The number of unbranched alkanes of at least 4 members (excludes halogenated alkanes) is 1. The molecule has 7 nitrogen and oxygen atoms in total. The monoisotopic (exact) mass is 285 g/mol. The molecule has 1 atom stereocenters. The third-order valence-corrected chi connectivity index (χ3v) is 3.03. The van der Waals surface area contributed by atoms with Gasteiger partial charge >= 0.3 is 12.0 Å². The van der Waals surface area contributed by atoms with E-state index in [2.05, 4.69) is 16.0 Å². The van der Waals surface area contributed by atoms with Crippen LogP contribution in [0.3, 0.4) is 0 Å². The number of urea groups is 1. The lowest BCUT2D eigenvalue weighted by Gasteiger charge is -2.14. The summed E-state index contributed by atoms with van der Waals surface area (Å²) in [5, 5.41) is 16.7. The molecule has 1 aliphatic rings. The lowest BCUT2D eigenvalue weighted by atomic mass is 10.1. The number of hydrogen-bond acceptors (Lipinski definition) is 3. The molecule has 0 aromatic carbocycles. The fourth-order valence-corrected chi connectivity index (χ4v) is 1.69. The minimum atomic E-state index is -1.04. The van der Waals surface area contributed by atoms with Crippen LogP contribution in [0.5, 0.6) is 0 Å². The number of carboxylic acids is 1.